The zero-order valence-corrected chi connectivity index (χ0v) is 19.2. The number of thiophene rings is 1. The Morgan fingerprint density at radius 3 is 2.70 bits per heavy atom. The summed E-state index contributed by atoms with van der Waals surface area (Å²) in [5, 5.41) is 2.59. The van der Waals surface area contributed by atoms with E-state index in [4.69, 9.17) is 4.74 Å². The number of fused-ring (bicyclic) bond motifs is 1. The van der Waals surface area contributed by atoms with E-state index in [0.29, 0.717) is 22.0 Å². The molecule has 1 aromatic heterocycles. The van der Waals surface area contributed by atoms with Crippen molar-refractivity contribution in [1.82, 2.24) is 4.31 Å². The number of nitrogens with one attached hydrogen (secondary N) is 1. The van der Waals surface area contributed by atoms with Gasteiger partial charge in [0, 0.05) is 24.7 Å². The van der Waals surface area contributed by atoms with Gasteiger partial charge in [0.1, 0.15) is 4.88 Å². The lowest BCUT2D eigenvalue weighted by Gasteiger charge is -2.16. The first-order chi connectivity index (χ1) is 14.1. The number of esters is 1. The molecule has 162 valence electrons. The van der Waals surface area contributed by atoms with E-state index in [2.05, 4.69) is 12.2 Å². The standard InChI is InChI=1S/C21H26N2O5S2/c1-13-5-8-17-15(9-13)10-18(29-17)21(25)28-12-20(24)22-16-7-6-14(2)19(11-16)30(26,27)23(3)4/h6-7,10-11,13H,5,8-9,12H2,1-4H3,(H,22,24). The topological polar surface area (TPSA) is 92.8 Å². The number of sulfonamides is 1. The van der Waals surface area contributed by atoms with Gasteiger partial charge in [0.15, 0.2) is 6.61 Å². The molecule has 0 radical (unpaired) electrons. The van der Waals surface area contributed by atoms with Crippen molar-refractivity contribution in [3.05, 3.63) is 45.1 Å². The van der Waals surface area contributed by atoms with Crippen molar-refractivity contribution in [3.8, 4) is 0 Å². The van der Waals surface area contributed by atoms with Gasteiger partial charge in [-0.1, -0.05) is 13.0 Å². The fourth-order valence-electron chi connectivity index (χ4n) is 3.36. The van der Waals surface area contributed by atoms with Crippen LogP contribution in [0.5, 0.6) is 0 Å². The maximum atomic E-state index is 12.4. The number of carbonyl (C=O) groups is 2. The Hall–Kier alpha value is -2.23. The van der Waals surface area contributed by atoms with Crippen LogP contribution in [-0.2, 0) is 32.4 Å². The molecule has 0 saturated heterocycles. The Kier molecular flexibility index (Phi) is 6.64. The summed E-state index contributed by atoms with van der Waals surface area (Å²) in [6.07, 6.45) is 3.05. The van der Waals surface area contributed by atoms with Crippen molar-refractivity contribution >= 4 is 38.9 Å². The van der Waals surface area contributed by atoms with Gasteiger partial charge in [-0.25, -0.2) is 17.5 Å². The molecule has 0 aliphatic heterocycles. The van der Waals surface area contributed by atoms with Gasteiger partial charge in [0.05, 0.1) is 4.90 Å². The van der Waals surface area contributed by atoms with Crippen LogP contribution in [0.4, 0.5) is 5.69 Å². The molecular formula is C21H26N2O5S2. The number of aryl methyl sites for hydroxylation is 2. The summed E-state index contributed by atoms with van der Waals surface area (Å²) in [7, 11) is -0.741. The summed E-state index contributed by atoms with van der Waals surface area (Å²) in [5.41, 5.74) is 2.09. The van der Waals surface area contributed by atoms with E-state index in [1.165, 1.54) is 41.9 Å². The minimum atomic E-state index is -3.64. The molecule has 0 fully saturated rings. The lowest BCUT2D eigenvalue weighted by atomic mass is 9.90. The largest absolute Gasteiger partial charge is 0.451 e. The number of anilines is 1. The van der Waals surface area contributed by atoms with E-state index < -0.39 is 28.5 Å². The molecule has 3 rings (SSSR count). The highest BCUT2D eigenvalue weighted by atomic mass is 32.2. The van der Waals surface area contributed by atoms with E-state index in [1.807, 2.05) is 6.07 Å². The third-order valence-corrected chi connectivity index (χ3v) is 8.27. The third-order valence-electron chi connectivity index (χ3n) is 5.10. The molecule has 1 unspecified atom stereocenters. The second-order valence-electron chi connectivity index (χ2n) is 7.80. The van der Waals surface area contributed by atoms with Crippen LogP contribution in [0.3, 0.4) is 0 Å². The van der Waals surface area contributed by atoms with E-state index in [-0.39, 0.29) is 4.90 Å². The molecule has 0 bridgehead atoms. The number of rotatable bonds is 6. The van der Waals surface area contributed by atoms with Gasteiger partial charge in [-0.2, -0.15) is 0 Å². The Bertz CT molecular complexity index is 1070. The number of carbonyl (C=O) groups excluding carboxylic acids is 2. The second-order valence-corrected chi connectivity index (χ2v) is 11.1. The Labute approximate surface area is 181 Å². The lowest BCUT2D eigenvalue weighted by Crippen LogP contribution is -2.24. The summed E-state index contributed by atoms with van der Waals surface area (Å²) in [6.45, 7) is 3.44. The number of hydrogen-bond acceptors (Lipinski definition) is 6. The van der Waals surface area contributed by atoms with Gasteiger partial charge >= 0.3 is 5.97 Å². The average Bonchev–Trinajstić information content (AvgIpc) is 3.10. The minimum absolute atomic E-state index is 0.112. The zero-order valence-electron chi connectivity index (χ0n) is 17.5. The Morgan fingerprint density at radius 1 is 1.27 bits per heavy atom. The van der Waals surface area contributed by atoms with E-state index in [0.717, 1.165) is 23.6 Å². The first-order valence-electron chi connectivity index (χ1n) is 9.69. The summed E-state index contributed by atoms with van der Waals surface area (Å²) < 4.78 is 31.1. The molecule has 1 atom stereocenters. The quantitative estimate of drug-likeness (QED) is 0.682. The summed E-state index contributed by atoms with van der Waals surface area (Å²) >= 11 is 1.43. The van der Waals surface area contributed by atoms with Crippen molar-refractivity contribution in [2.75, 3.05) is 26.0 Å². The smallest absolute Gasteiger partial charge is 0.348 e. The third kappa shape index (κ3) is 4.91. The molecule has 0 saturated carbocycles. The van der Waals surface area contributed by atoms with E-state index in [9.17, 15) is 18.0 Å². The first-order valence-corrected chi connectivity index (χ1v) is 12.0. The number of ether oxygens (including phenoxy) is 1. The Morgan fingerprint density at radius 2 is 2.00 bits per heavy atom. The molecule has 7 nitrogen and oxygen atoms in total. The monoisotopic (exact) mass is 450 g/mol. The van der Waals surface area contributed by atoms with Gasteiger partial charge in [-0.05, 0) is 61.4 Å². The van der Waals surface area contributed by atoms with Crippen LogP contribution in [-0.4, -0.2) is 45.3 Å². The second kappa shape index (κ2) is 8.87. The van der Waals surface area contributed by atoms with Crippen molar-refractivity contribution in [2.45, 2.75) is 38.0 Å². The highest BCUT2D eigenvalue weighted by Gasteiger charge is 2.23. The van der Waals surface area contributed by atoms with E-state index in [1.54, 1.807) is 19.1 Å². The SMILES string of the molecule is Cc1ccc(NC(=O)COC(=O)c2cc3c(s2)CCC(C)C3)cc1S(=O)(=O)N(C)C. The predicted molar refractivity (Wildman–Crippen MR) is 116 cm³/mol. The Balaban J connectivity index is 1.62. The van der Waals surface area contributed by atoms with Crippen molar-refractivity contribution in [2.24, 2.45) is 5.92 Å². The molecule has 1 aliphatic carbocycles. The summed E-state index contributed by atoms with van der Waals surface area (Å²) in [6, 6.07) is 6.50. The van der Waals surface area contributed by atoms with Crippen LogP contribution in [0.25, 0.3) is 0 Å². The van der Waals surface area contributed by atoms with Crippen LogP contribution in [0.1, 0.15) is 39.0 Å². The molecule has 1 heterocycles. The average molecular weight is 451 g/mol. The van der Waals surface area contributed by atoms with Crippen molar-refractivity contribution < 1.29 is 22.7 Å². The van der Waals surface area contributed by atoms with Gasteiger partial charge < -0.3 is 10.1 Å². The van der Waals surface area contributed by atoms with Crippen LogP contribution >= 0.6 is 11.3 Å². The lowest BCUT2D eigenvalue weighted by molar-refractivity contribution is -0.119. The fraction of sp³-hybridized carbons (Fsp3) is 0.429. The van der Waals surface area contributed by atoms with Gasteiger partial charge in [-0.3, -0.25) is 4.79 Å². The van der Waals surface area contributed by atoms with Crippen molar-refractivity contribution in [3.63, 3.8) is 0 Å². The minimum Gasteiger partial charge on any atom is -0.451 e. The molecule has 1 aromatic carbocycles. The number of amides is 1. The number of benzene rings is 1. The normalized spacial score (nSPS) is 16.2. The van der Waals surface area contributed by atoms with Crippen molar-refractivity contribution in [1.29, 1.82) is 0 Å². The predicted octanol–water partition coefficient (Wildman–Crippen LogP) is 3.23. The highest BCUT2D eigenvalue weighted by molar-refractivity contribution is 7.89. The first kappa shape index (κ1) is 22.5. The molecule has 1 N–H and O–H groups in total. The molecule has 1 amide bonds. The molecule has 9 heteroatoms. The van der Waals surface area contributed by atoms with Crippen LogP contribution in [0, 0.1) is 12.8 Å². The molecule has 2 aromatic rings. The fourth-order valence-corrected chi connectivity index (χ4v) is 5.60. The van der Waals surface area contributed by atoms with Crippen LogP contribution in [0.2, 0.25) is 0 Å². The van der Waals surface area contributed by atoms with Crippen LogP contribution < -0.4 is 5.32 Å². The molecule has 1 aliphatic rings. The molecule has 0 spiro atoms. The number of hydrogen-bond donors (Lipinski definition) is 1. The maximum Gasteiger partial charge on any atom is 0.348 e. The van der Waals surface area contributed by atoms with Gasteiger partial charge in [-0.15, -0.1) is 11.3 Å². The maximum absolute atomic E-state index is 12.4. The summed E-state index contributed by atoms with van der Waals surface area (Å²) in [5.74, 6) is -0.440. The van der Waals surface area contributed by atoms with Gasteiger partial charge in [0.25, 0.3) is 5.91 Å². The van der Waals surface area contributed by atoms with Gasteiger partial charge in [0.2, 0.25) is 10.0 Å². The van der Waals surface area contributed by atoms with E-state index >= 15 is 0 Å². The zero-order chi connectivity index (χ0) is 22.1. The van der Waals surface area contributed by atoms with Crippen LogP contribution in [0.15, 0.2) is 29.2 Å². The molecule has 30 heavy (non-hydrogen) atoms. The summed E-state index contributed by atoms with van der Waals surface area (Å²) in [4.78, 5) is 26.4. The number of nitrogens with zero attached hydrogens (tertiary/aromatic N) is 1. The highest BCUT2D eigenvalue weighted by Crippen LogP contribution is 2.32. The molecular weight excluding hydrogens is 424 g/mol.